The van der Waals surface area contributed by atoms with E-state index in [0.29, 0.717) is 53.0 Å². The predicted molar refractivity (Wildman–Crippen MR) is 133 cm³/mol. The van der Waals surface area contributed by atoms with E-state index in [2.05, 4.69) is 15.4 Å². The lowest BCUT2D eigenvalue weighted by Crippen LogP contribution is -2.35. The van der Waals surface area contributed by atoms with Gasteiger partial charge in [-0.3, -0.25) is 9.69 Å². The number of fused-ring (bicyclic) bond motifs is 1. The van der Waals surface area contributed by atoms with Crippen molar-refractivity contribution < 1.29 is 18.8 Å². The number of ether oxygens (including phenoxy) is 2. The van der Waals surface area contributed by atoms with E-state index in [4.69, 9.17) is 37.2 Å². The van der Waals surface area contributed by atoms with Gasteiger partial charge in [-0.1, -0.05) is 59.8 Å². The summed E-state index contributed by atoms with van der Waals surface area (Å²) in [5.41, 5.74) is 2.27. The van der Waals surface area contributed by atoms with Crippen LogP contribution >= 0.6 is 23.2 Å². The molecule has 2 aliphatic rings. The van der Waals surface area contributed by atoms with Crippen molar-refractivity contribution in [2.24, 2.45) is 0 Å². The van der Waals surface area contributed by atoms with Gasteiger partial charge in [0.25, 0.3) is 5.91 Å². The predicted octanol–water partition coefficient (Wildman–Crippen LogP) is 5.98. The average Bonchev–Trinajstić information content (AvgIpc) is 3.54. The molecule has 2 heterocycles. The van der Waals surface area contributed by atoms with Crippen LogP contribution < -0.4 is 14.8 Å². The minimum absolute atomic E-state index is 0.218. The van der Waals surface area contributed by atoms with Crippen molar-refractivity contribution in [2.75, 3.05) is 6.79 Å². The number of benzene rings is 2. The van der Waals surface area contributed by atoms with Crippen LogP contribution in [0.1, 0.15) is 59.5 Å². The highest BCUT2D eigenvalue weighted by Gasteiger charge is 2.24. The van der Waals surface area contributed by atoms with Crippen LogP contribution in [0.5, 0.6) is 11.5 Å². The zero-order chi connectivity index (χ0) is 24.2. The lowest BCUT2D eigenvalue weighted by Gasteiger charge is -2.33. The Balaban J connectivity index is 1.23. The van der Waals surface area contributed by atoms with Crippen LogP contribution in [0.15, 0.2) is 47.0 Å². The summed E-state index contributed by atoms with van der Waals surface area (Å²) < 4.78 is 16.3. The number of aromatic nitrogens is 1. The van der Waals surface area contributed by atoms with Gasteiger partial charge >= 0.3 is 0 Å². The van der Waals surface area contributed by atoms with Crippen LogP contribution in [0.2, 0.25) is 10.0 Å². The van der Waals surface area contributed by atoms with Gasteiger partial charge in [0.15, 0.2) is 23.0 Å². The molecule has 1 N–H and O–H groups in total. The van der Waals surface area contributed by atoms with E-state index in [-0.39, 0.29) is 18.4 Å². The molecule has 9 heteroatoms. The number of hydrogen-bond acceptors (Lipinski definition) is 6. The molecule has 0 radical (unpaired) electrons. The van der Waals surface area contributed by atoms with Crippen LogP contribution in [-0.4, -0.2) is 28.8 Å². The molecule has 1 aliphatic heterocycles. The Bertz CT molecular complexity index is 1190. The molecule has 0 spiro atoms. The molecule has 1 saturated carbocycles. The number of rotatable bonds is 8. The smallest absolute Gasteiger partial charge is 0.273 e. The lowest BCUT2D eigenvalue weighted by atomic mass is 9.93. The molecule has 1 amide bonds. The summed E-state index contributed by atoms with van der Waals surface area (Å²) in [4.78, 5) is 15.1. The largest absolute Gasteiger partial charge is 0.454 e. The SMILES string of the molecule is O=C(NCc1ccc2c(c1)OCO2)c1cc(CN(Cc2ccc(Cl)c(Cl)c2)C2CCCCC2)on1. The topological polar surface area (TPSA) is 76.8 Å². The van der Waals surface area contributed by atoms with Gasteiger partial charge in [-0.25, -0.2) is 0 Å². The molecule has 0 atom stereocenters. The first-order chi connectivity index (χ1) is 17.0. The van der Waals surface area contributed by atoms with Crippen molar-refractivity contribution in [3.63, 3.8) is 0 Å². The molecule has 5 rings (SSSR count). The maximum atomic E-state index is 12.7. The molecular formula is C26H27Cl2N3O4. The van der Waals surface area contributed by atoms with Gasteiger partial charge in [0.1, 0.15) is 0 Å². The van der Waals surface area contributed by atoms with E-state index in [9.17, 15) is 4.79 Å². The first-order valence-electron chi connectivity index (χ1n) is 11.9. The van der Waals surface area contributed by atoms with Gasteiger partial charge < -0.3 is 19.3 Å². The second kappa shape index (κ2) is 10.9. The van der Waals surface area contributed by atoms with Gasteiger partial charge in [-0.05, 0) is 48.2 Å². The Hall–Kier alpha value is -2.74. The minimum atomic E-state index is -0.286. The Kier molecular flexibility index (Phi) is 7.46. The van der Waals surface area contributed by atoms with Crippen molar-refractivity contribution in [3.05, 3.63) is 75.1 Å². The summed E-state index contributed by atoms with van der Waals surface area (Å²) in [6.45, 7) is 1.85. The number of halogens is 2. The highest BCUT2D eigenvalue weighted by molar-refractivity contribution is 6.42. The van der Waals surface area contributed by atoms with Crippen molar-refractivity contribution >= 4 is 29.1 Å². The maximum Gasteiger partial charge on any atom is 0.273 e. The van der Waals surface area contributed by atoms with Crippen LogP contribution in [0.3, 0.4) is 0 Å². The molecule has 35 heavy (non-hydrogen) atoms. The van der Waals surface area contributed by atoms with Crippen molar-refractivity contribution in [1.82, 2.24) is 15.4 Å². The molecule has 3 aromatic rings. The Morgan fingerprint density at radius 2 is 1.74 bits per heavy atom. The van der Waals surface area contributed by atoms with Gasteiger partial charge in [0, 0.05) is 25.2 Å². The van der Waals surface area contributed by atoms with Crippen LogP contribution in [0.4, 0.5) is 0 Å². The first kappa shape index (κ1) is 24.0. The molecule has 1 fully saturated rings. The number of carbonyl (C=O) groups excluding carboxylic acids is 1. The molecule has 7 nitrogen and oxygen atoms in total. The van der Waals surface area contributed by atoms with Crippen molar-refractivity contribution in [3.8, 4) is 11.5 Å². The van der Waals surface area contributed by atoms with Crippen molar-refractivity contribution in [2.45, 2.75) is 57.8 Å². The summed E-state index contributed by atoms with van der Waals surface area (Å²) >= 11 is 12.3. The molecule has 184 valence electrons. The molecular weight excluding hydrogens is 489 g/mol. The summed E-state index contributed by atoms with van der Waals surface area (Å²) in [7, 11) is 0. The summed E-state index contributed by atoms with van der Waals surface area (Å²) in [5.74, 6) is 1.77. The van der Waals surface area contributed by atoms with Crippen LogP contribution in [0, 0.1) is 0 Å². The summed E-state index contributed by atoms with van der Waals surface area (Å²) in [5, 5.41) is 8.01. The van der Waals surface area contributed by atoms with Gasteiger partial charge in [-0.15, -0.1) is 0 Å². The number of nitrogens with zero attached hydrogens (tertiary/aromatic N) is 2. The second-order valence-corrected chi connectivity index (χ2v) is 9.81. The normalized spacial score (nSPS) is 15.5. The third-order valence-electron chi connectivity index (χ3n) is 6.50. The van der Waals surface area contributed by atoms with E-state index >= 15 is 0 Å². The van der Waals surface area contributed by atoms with Gasteiger partial charge in [0.2, 0.25) is 6.79 Å². The van der Waals surface area contributed by atoms with E-state index in [1.165, 1.54) is 19.3 Å². The lowest BCUT2D eigenvalue weighted by molar-refractivity contribution is 0.0941. The number of carbonyl (C=O) groups is 1. The van der Waals surface area contributed by atoms with Crippen molar-refractivity contribution in [1.29, 1.82) is 0 Å². The highest BCUT2D eigenvalue weighted by atomic mass is 35.5. The molecule has 2 aromatic carbocycles. The summed E-state index contributed by atoms with van der Waals surface area (Å²) in [6.07, 6.45) is 5.97. The third-order valence-corrected chi connectivity index (χ3v) is 7.24. The Morgan fingerprint density at radius 1 is 0.943 bits per heavy atom. The standard InChI is InChI=1S/C26H27Cl2N3O4/c27-21-8-6-18(10-22(21)28)14-31(19-4-2-1-3-5-19)15-20-12-23(30-35-20)26(32)29-13-17-7-9-24-25(11-17)34-16-33-24/h6-12,19H,1-5,13-16H2,(H,29,32). The van der Waals surface area contributed by atoms with E-state index in [1.54, 1.807) is 6.07 Å². The van der Waals surface area contributed by atoms with Crippen LogP contribution in [0.25, 0.3) is 0 Å². The quantitative estimate of drug-likeness (QED) is 0.397. The average molecular weight is 516 g/mol. The fourth-order valence-electron chi connectivity index (χ4n) is 4.65. The second-order valence-electron chi connectivity index (χ2n) is 8.99. The van der Waals surface area contributed by atoms with Crippen LogP contribution in [-0.2, 0) is 19.6 Å². The van der Waals surface area contributed by atoms with Gasteiger partial charge in [0.05, 0.1) is 16.6 Å². The maximum absolute atomic E-state index is 12.7. The van der Waals surface area contributed by atoms with E-state index < -0.39 is 0 Å². The molecule has 0 bridgehead atoms. The molecule has 1 aliphatic carbocycles. The fraction of sp³-hybridized carbons (Fsp3) is 0.385. The minimum Gasteiger partial charge on any atom is -0.454 e. The first-order valence-corrected chi connectivity index (χ1v) is 12.6. The molecule has 0 unspecified atom stereocenters. The number of amides is 1. The Labute approximate surface area is 214 Å². The number of nitrogens with one attached hydrogen (secondary N) is 1. The number of hydrogen-bond donors (Lipinski definition) is 1. The third kappa shape index (κ3) is 5.92. The molecule has 0 saturated heterocycles. The monoisotopic (exact) mass is 515 g/mol. The zero-order valence-electron chi connectivity index (χ0n) is 19.3. The highest BCUT2D eigenvalue weighted by Crippen LogP contribution is 2.32. The molecule has 1 aromatic heterocycles. The van der Waals surface area contributed by atoms with Gasteiger partial charge in [-0.2, -0.15) is 0 Å². The van der Waals surface area contributed by atoms with E-state index in [1.807, 2.05) is 36.4 Å². The summed E-state index contributed by atoms with van der Waals surface area (Å²) in [6, 6.07) is 13.5. The fourth-order valence-corrected chi connectivity index (χ4v) is 4.97. The Morgan fingerprint density at radius 3 is 2.57 bits per heavy atom. The zero-order valence-corrected chi connectivity index (χ0v) is 20.8. The van der Waals surface area contributed by atoms with E-state index in [0.717, 1.165) is 24.0 Å².